The SMILES string of the molecule is CSCC[C@H](NC(=O)[C@@H](NC(=O)[C@@H](N)CCC(=O)O)C(C)C)C(=O)N[C@@H](CCC(=O)O)C(=O)N[C@@H](Cc1ccccc1)C(=O)N[C@@H](CC(N)=O)C(=O)N1CCC[C@H]1C(=O)O. The molecule has 332 valence electrons. The monoisotopic (exact) mass is 864 g/mol. The van der Waals surface area contributed by atoms with Gasteiger partial charge < -0.3 is 58.3 Å². The highest BCUT2D eigenvalue weighted by molar-refractivity contribution is 7.98. The molecule has 0 saturated carbocycles. The van der Waals surface area contributed by atoms with Crippen molar-refractivity contribution in [1.29, 1.82) is 0 Å². The summed E-state index contributed by atoms with van der Waals surface area (Å²) in [4.78, 5) is 129. The molecule has 0 aromatic heterocycles. The zero-order valence-electron chi connectivity index (χ0n) is 33.7. The van der Waals surface area contributed by atoms with Crippen LogP contribution in [0.2, 0.25) is 0 Å². The Labute approximate surface area is 350 Å². The summed E-state index contributed by atoms with van der Waals surface area (Å²) < 4.78 is 0. The maximum absolute atomic E-state index is 14.0. The summed E-state index contributed by atoms with van der Waals surface area (Å²) in [6, 6.07) is -1.36. The lowest BCUT2D eigenvalue weighted by Crippen LogP contribution is -2.60. The van der Waals surface area contributed by atoms with E-state index >= 15 is 0 Å². The van der Waals surface area contributed by atoms with E-state index in [9.17, 15) is 58.2 Å². The molecule has 60 heavy (non-hydrogen) atoms. The van der Waals surface area contributed by atoms with Crippen molar-refractivity contribution in [1.82, 2.24) is 31.5 Å². The molecule has 1 aliphatic heterocycles. The topological polar surface area (TPSA) is 347 Å². The van der Waals surface area contributed by atoms with Gasteiger partial charge in [-0.15, -0.1) is 0 Å². The Balaban J connectivity index is 2.39. The number of likely N-dealkylation sites (tertiary alicyclic amines) is 1. The number of primary amides is 1. The molecule has 7 amide bonds. The van der Waals surface area contributed by atoms with Gasteiger partial charge >= 0.3 is 17.9 Å². The van der Waals surface area contributed by atoms with Crippen LogP contribution in [-0.2, 0) is 54.4 Å². The Morgan fingerprint density at radius 1 is 0.733 bits per heavy atom. The molecule has 0 aliphatic carbocycles. The highest BCUT2D eigenvalue weighted by Gasteiger charge is 2.39. The molecule has 1 saturated heterocycles. The number of thioether (sulfide) groups is 1. The molecule has 1 heterocycles. The summed E-state index contributed by atoms with van der Waals surface area (Å²) in [6.07, 6.45) is -0.280. The number of rotatable bonds is 26. The van der Waals surface area contributed by atoms with Gasteiger partial charge in [-0.2, -0.15) is 11.8 Å². The van der Waals surface area contributed by atoms with Gasteiger partial charge in [-0.05, 0) is 55.6 Å². The van der Waals surface area contributed by atoms with Crippen molar-refractivity contribution < 1.29 is 63.3 Å². The van der Waals surface area contributed by atoms with Crippen LogP contribution in [-0.4, -0.2) is 140 Å². The maximum Gasteiger partial charge on any atom is 0.326 e. The third-order valence-electron chi connectivity index (χ3n) is 9.53. The molecule has 0 spiro atoms. The Morgan fingerprint density at radius 3 is 1.82 bits per heavy atom. The van der Waals surface area contributed by atoms with Crippen LogP contribution in [0, 0.1) is 5.92 Å². The number of carboxylic acids is 3. The highest BCUT2D eigenvalue weighted by Crippen LogP contribution is 2.19. The van der Waals surface area contributed by atoms with Gasteiger partial charge in [0.1, 0.15) is 36.3 Å². The molecule has 1 aromatic rings. The second kappa shape index (κ2) is 25.0. The standard InChI is InChI=1S/C38H56N8O13S/c1-20(2)31(45-32(52)22(39)11-13-29(48)49)36(56)42-24(15-17-60-3)34(54)41-23(12-14-30(50)51)33(53)43-25(18-21-8-5-4-6-9-21)35(55)44-26(19-28(40)47)37(57)46-16-7-10-27(46)38(58)59/h4-6,8-9,20,22-27,31H,7,10-19,39H2,1-3H3,(H2,40,47)(H,41,54)(H,42,56)(H,43,53)(H,44,55)(H,45,52)(H,48,49)(H,50,51)(H,58,59)/t22-,23-,24-,25-,26-,27-,31-/m0/s1. The van der Waals surface area contributed by atoms with Crippen LogP contribution in [0.25, 0.3) is 0 Å². The van der Waals surface area contributed by atoms with Gasteiger partial charge in [0.25, 0.3) is 0 Å². The number of aliphatic carboxylic acids is 3. The first-order valence-corrected chi connectivity index (χ1v) is 20.7. The van der Waals surface area contributed by atoms with E-state index in [0.717, 1.165) is 4.90 Å². The predicted octanol–water partition coefficient (Wildman–Crippen LogP) is -1.93. The number of nitrogens with one attached hydrogen (secondary N) is 5. The number of hydrogen-bond acceptors (Lipinski definition) is 12. The van der Waals surface area contributed by atoms with Gasteiger partial charge in [-0.3, -0.25) is 43.2 Å². The number of carbonyl (C=O) groups is 10. The quantitative estimate of drug-likeness (QED) is 0.0485. The fourth-order valence-corrected chi connectivity index (χ4v) is 6.74. The molecule has 0 radical (unpaired) electrons. The second-order valence-electron chi connectivity index (χ2n) is 14.6. The predicted molar refractivity (Wildman–Crippen MR) is 216 cm³/mol. The molecule has 1 aliphatic rings. The van der Waals surface area contributed by atoms with E-state index in [1.807, 2.05) is 0 Å². The first kappa shape index (κ1) is 50.4. The second-order valence-corrected chi connectivity index (χ2v) is 15.6. The number of carboxylic acid groups (broad SMARTS) is 3. The fourth-order valence-electron chi connectivity index (χ4n) is 6.27. The molecule has 0 bridgehead atoms. The molecule has 7 atom stereocenters. The van der Waals surface area contributed by atoms with Gasteiger partial charge in [0.05, 0.1) is 12.5 Å². The normalized spacial score (nSPS) is 16.6. The van der Waals surface area contributed by atoms with Gasteiger partial charge in [-0.1, -0.05) is 44.2 Å². The Morgan fingerprint density at radius 2 is 1.27 bits per heavy atom. The molecule has 12 N–H and O–H groups in total. The zero-order valence-corrected chi connectivity index (χ0v) is 34.5. The third-order valence-corrected chi connectivity index (χ3v) is 10.2. The summed E-state index contributed by atoms with van der Waals surface area (Å²) in [5, 5.41) is 40.5. The Kier molecular flexibility index (Phi) is 21.0. The lowest BCUT2D eigenvalue weighted by Gasteiger charge is -2.29. The Bertz CT molecular complexity index is 1720. The molecule has 22 heteroatoms. The molecule has 1 fully saturated rings. The van der Waals surface area contributed by atoms with Crippen LogP contribution in [0.1, 0.15) is 70.8 Å². The van der Waals surface area contributed by atoms with Crippen LogP contribution in [0.15, 0.2) is 30.3 Å². The number of amides is 7. The third kappa shape index (κ3) is 16.8. The van der Waals surface area contributed by atoms with Gasteiger partial charge in [0, 0.05) is 25.8 Å². The van der Waals surface area contributed by atoms with Gasteiger partial charge in [0.15, 0.2) is 0 Å². The minimum Gasteiger partial charge on any atom is -0.481 e. The summed E-state index contributed by atoms with van der Waals surface area (Å²) in [7, 11) is 0. The molecular weight excluding hydrogens is 809 g/mol. The minimum absolute atomic E-state index is 0.0248. The lowest BCUT2D eigenvalue weighted by atomic mass is 10.0. The molecule has 1 aromatic carbocycles. The number of benzene rings is 1. The van der Waals surface area contributed by atoms with Crippen LogP contribution >= 0.6 is 11.8 Å². The van der Waals surface area contributed by atoms with Crippen molar-refractivity contribution in [3.8, 4) is 0 Å². The maximum atomic E-state index is 14.0. The molecule has 21 nitrogen and oxygen atoms in total. The fraction of sp³-hybridized carbons (Fsp3) is 0.579. The van der Waals surface area contributed by atoms with Crippen LogP contribution in [0.4, 0.5) is 0 Å². The van der Waals surface area contributed by atoms with E-state index in [1.54, 1.807) is 50.4 Å². The van der Waals surface area contributed by atoms with E-state index in [4.69, 9.17) is 16.6 Å². The molecular formula is C38H56N8O13S. The average molecular weight is 865 g/mol. The van der Waals surface area contributed by atoms with Crippen molar-refractivity contribution in [2.45, 2.75) is 114 Å². The Hall–Kier alpha value is -5.77. The highest BCUT2D eigenvalue weighted by atomic mass is 32.2. The molecule has 2 rings (SSSR count). The van der Waals surface area contributed by atoms with Crippen LogP contribution in [0.5, 0.6) is 0 Å². The summed E-state index contributed by atoms with van der Waals surface area (Å²) >= 11 is 1.33. The van der Waals surface area contributed by atoms with Crippen molar-refractivity contribution in [3.05, 3.63) is 35.9 Å². The van der Waals surface area contributed by atoms with Crippen LogP contribution in [0.3, 0.4) is 0 Å². The smallest absolute Gasteiger partial charge is 0.326 e. The molecule has 0 unspecified atom stereocenters. The number of hydrogen-bond donors (Lipinski definition) is 10. The number of nitrogens with two attached hydrogens (primary N) is 2. The first-order valence-electron chi connectivity index (χ1n) is 19.3. The minimum atomic E-state index is -1.60. The zero-order chi connectivity index (χ0) is 45.1. The average Bonchev–Trinajstić information content (AvgIpc) is 3.68. The number of carbonyl (C=O) groups excluding carboxylic acids is 7. The van der Waals surface area contributed by atoms with Gasteiger partial charge in [-0.25, -0.2) is 4.79 Å². The van der Waals surface area contributed by atoms with E-state index in [2.05, 4.69) is 26.6 Å². The van der Waals surface area contributed by atoms with E-state index in [1.165, 1.54) is 11.8 Å². The lowest BCUT2D eigenvalue weighted by molar-refractivity contribution is -0.149. The van der Waals surface area contributed by atoms with E-state index in [-0.39, 0.29) is 38.6 Å². The van der Waals surface area contributed by atoms with Crippen molar-refractivity contribution >= 4 is 71.0 Å². The van der Waals surface area contributed by atoms with E-state index in [0.29, 0.717) is 17.7 Å². The first-order chi connectivity index (χ1) is 28.2. The largest absolute Gasteiger partial charge is 0.481 e. The van der Waals surface area contributed by atoms with Crippen molar-refractivity contribution in [2.24, 2.45) is 17.4 Å². The van der Waals surface area contributed by atoms with E-state index < -0.39 is 127 Å². The summed E-state index contributed by atoms with van der Waals surface area (Å²) in [5.41, 5.74) is 11.7. The summed E-state index contributed by atoms with van der Waals surface area (Å²) in [5.74, 6) is -10.3. The van der Waals surface area contributed by atoms with Crippen molar-refractivity contribution in [2.75, 3.05) is 18.6 Å². The van der Waals surface area contributed by atoms with Crippen molar-refractivity contribution in [3.63, 3.8) is 0 Å². The van der Waals surface area contributed by atoms with Gasteiger partial charge in [0.2, 0.25) is 41.4 Å². The summed E-state index contributed by atoms with van der Waals surface area (Å²) in [6.45, 7) is 3.28. The number of nitrogens with zero attached hydrogens (tertiary/aromatic N) is 1. The van der Waals surface area contributed by atoms with Crippen LogP contribution < -0.4 is 38.1 Å².